The second-order valence-corrected chi connectivity index (χ2v) is 6.07. The number of nitrogens with zero attached hydrogens (tertiary/aromatic N) is 1. The number of rotatable bonds is 8. The van der Waals surface area contributed by atoms with Gasteiger partial charge in [0, 0.05) is 19.6 Å². The van der Waals surface area contributed by atoms with E-state index in [0.717, 1.165) is 25.3 Å². The topological polar surface area (TPSA) is 32.7 Å². The van der Waals surface area contributed by atoms with E-state index in [9.17, 15) is 5.11 Å². The van der Waals surface area contributed by atoms with E-state index >= 15 is 0 Å². The zero-order valence-electron chi connectivity index (χ0n) is 14.3. The van der Waals surface area contributed by atoms with Crippen LogP contribution in [0.15, 0.2) is 48.5 Å². The molecule has 2 aromatic rings. The monoisotopic (exact) mass is 313 g/mol. The lowest BCUT2D eigenvalue weighted by Gasteiger charge is -2.25. The van der Waals surface area contributed by atoms with Gasteiger partial charge < -0.3 is 9.84 Å². The second kappa shape index (κ2) is 8.70. The highest BCUT2D eigenvalue weighted by Gasteiger charge is 2.12. The Balaban J connectivity index is 2.09. The standard InChI is InChI=1S/C20H27NO2/c1-4-19(22)15-21(14-18-7-5-6-16(2)12-18)13-17-8-10-20(23-3)11-9-17/h5-12,19,22H,4,13-15H2,1-3H3. The molecule has 124 valence electrons. The summed E-state index contributed by atoms with van der Waals surface area (Å²) in [6, 6.07) is 16.7. The number of hydrogen-bond donors (Lipinski definition) is 1. The minimum Gasteiger partial charge on any atom is -0.497 e. The van der Waals surface area contributed by atoms with Crippen molar-refractivity contribution in [3.8, 4) is 5.75 Å². The summed E-state index contributed by atoms with van der Waals surface area (Å²) in [5, 5.41) is 10.1. The number of hydrogen-bond acceptors (Lipinski definition) is 3. The fourth-order valence-corrected chi connectivity index (χ4v) is 2.67. The van der Waals surface area contributed by atoms with Crippen LogP contribution in [0.25, 0.3) is 0 Å². The van der Waals surface area contributed by atoms with Crippen LogP contribution >= 0.6 is 0 Å². The summed E-state index contributed by atoms with van der Waals surface area (Å²) in [6.07, 6.45) is 0.477. The van der Waals surface area contributed by atoms with Crippen molar-refractivity contribution in [1.82, 2.24) is 4.90 Å². The molecule has 1 atom stereocenters. The van der Waals surface area contributed by atoms with E-state index in [2.05, 4.69) is 48.2 Å². The minimum atomic E-state index is -0.293. The van der Waals surface area contributed by atoms with Crippen LogP contribution in [0.2, 0.25) is 0 Å². The third-order valence-corrected chi connectivity index (χ3v) is 3.99. The summed E-state index contributed by atoms with van der Waals surface area (Å²) in [4.78, 5) is 2.30. The summed E-state index contributed by atoms with van der Waals surface area (Å²) >= 11 is 0. The predicted octanol–water partition coefficient (Wildman–Crippen LogP) is 3.78. The highest BCUT2D eigenvalue weighted by atomic mass is 16.5. The van der Waals surface area contributed by atoms with Crippen molar-refractivity contribution in [2.75, 3.05) is 13.7 Å². The van der Waals surface area contributed by atoms with Gasteiger partial charge in [0.15, 0.2) is 0 Å². The Morgan fingerprint density at radius 2 is 1.74 bits per heavy atom. The molecule has 0 saturated carbocycles. The average molecular weight is 313 g/mol. The Labute approximate surface area is 139 Å². The normalized spacial score (nSPS) is 12.4. The quantitative estimate of drug-likeness (QED) is 0.805. The van der Waals surface area contributed by atoms with Crippen molar-refractivity contribution < 1.29 is 9.84 Å². The van der Waals surface area contributed by atoms with Gasteiger partial charge >= 0.3 is 0 Å². The van der Waals surface area contributed by atoms with E-state index in [1.807, 2.05) is 19.1 Å². The van der Waals surface area contributed by atoms with Crippen LogP contribution in [0.3, 0.4) is 0 Å². The zero-order valence-corrected chi connectivity index (χ0v) is 14.3. The lowest BCUT2D eigenvalue weighted by Crippen LogP contribution is -2.31. The molecule has 0 amide bonds. The van der Waals surface area contributed by atoms with Crippen LogP contribution < -0.4 is 4.74 Å². The second-order valence-electron chi connectivity index (χ2n) is 6.07. The fraction of sp³-hybridized carbons (Fsp3) is 0.400. The molecule has 1 unspecified atom stereocenters. The first-order valence-corrected chi connectivity index (χ1v) is 8.19. The van der Waals surface area contributed by atoms with Gasteiger partial charge in [0.1, 0.15) is 5.75 Å². The van der Waals surface area contributed by atoms with Crippen molar-refractivity contribution in [2.24, 2.45) is 0 Å². The van der Waals surface area contributed by atoms with E-state index < -0.39 is 0 Å². The maximum atomic E-state index is 10.1. The number of aliphatic hydroxyl groups is 1. The van der Waals surface area contributed by atoms with Crippen molar-refractivity contribution in [1.29, 1.82) is 0 Å². The summed E-state index contributed by atoms with van der Waals surface area (Å²) in [5.74, 6) is 0.868. The smallest absolute Gasteiger partial charge is 0.118 e. The number of methoxy groups -OCH3 is 1. The van der Waals surface area contributed by atoms with Crippen molar-refractivity contribution in [3.63, 3.8) is 0 Å². The molecular formula is C20H27NO2. The molecule has 0 saturated heterocycles. The van der Waals surface area contributed by atoms with Crippen LogP contribution in [-0.4, -0.2) is 29.8 Å². The third kappa shape index (κ3) is 5.70. The zero-order chi connectivity index (χ0) is 16.7. The first-order valence-electron chi connectivity index (χ1n) is 8.19. The molecule has 23 heavy (non-hydrogen) atoms. The molecular weight excluding hydrogens is 286 g/mol. The molecule has 0 aliphatic rings. The molecule has 0 aliphatic carbocycles. The SMILES string of the molecule is CCC(O)CN(Cc1ccc(OC)cc1)Cc1cccc(C)c1. The van der Waals surface area contributed by atoms with Gasteiger partial charge in [-0.25, -0.2) is 0 Å². The van der Waals surface area contributed by atoms with Gasteiger partial charge in [-0.1, -0.05) is 48.9 Å². The molecule has 3 heteroatoms. The first kappa shape index (κ1) is 17.5. The molecule has 3 nitrogen and oxygen atoms in total. The lowest BCUT2D eigenvalue weighted by atomic mass is 10.1. The first-order chi connectivity index (χ1) is 11.1. The molecule has 0 spiro atoms. The van der Waals surface area contributed by atoms with Crippen molar-refractivity contribution in [3.05, 3.63) is 65.2 Å². The summed E-state index contributed by atoms with van der Waals surface area (Å²) < 4.78 is 5.21. The van der Waals surface area contributed by atoms with Crippen LogP contribution in [0.4, 0.5) is 0 Å². The van der Waals surface area contributed by atoms with E-state index in [-0.39, 0.29) is 6.10 Å². The minimum absolute atomic E-state index is 0.293. The molecule has 2 rings (SSSR count). The summed E-state index contributed by atoms with van der Waals surface area (Å²) in [7, 11) is 1.68. The molecule has 0 radical (unpaired) electrons. The number of ether oxygens (including phenoxy) is 1. The molecule has 0 fully saturated rings. The van der Waals surface area contributed by atoms with Crippen LogP contribution in [0.1, 0.15) is 30.0 Å². The summed E-state index contributed by atoms with van der Waals surface area (Å²) in [6.45, 7) is 6.46. The molecule has 0 aromatic heterocycles. The highest BCUT2D eigenvalue weighted by molar-refractivity contribution is 5.27. The van der Waals surface area contributed by atoms with Gasteiger partial charge in [-0.3, -0.25) is 4.90 Å². The van der Waals surface area contributed by atoms with Crippen LogP contribution in [0, 0.1) is 6.92 Å². The third-order valence-electron chi connectivity index (χ3n) is 3.99. The van der Waals surface area contributed by atoms with E-state index in [4.69, 9.17) is 4.74 Å². The maximum absolute atomic E-state index is 10.1. The highest BCUT2D eigenvalue weighted by Crippen LogP contribution is 2.16. The fourth-order valence-electron chi connectivity index (χ4n) is 2.67. The number of aliphatic hydroxyl groups excluding tert-OH is 1. The van der Waals surface area contributed by atoms with Gasteiger partial charge in [0.25, 0.3) is 0 Å². The van der Waals surface area contributed by atoms with Crippen LogP contribution in [0.5, 0.6) is 5.75 Å². The molecule has 1 N–H and O–H groups in total. The lowest BCUT2D eigenvalue weighted by molar-refractivity contribution is 0.101. The number of aryl methyl sites for hydroxylation is 1. The molecule has 2 aromatic carbocycles. The van der Waals surface area contributed by atoms with Crippen LogP contribution in [-0.2, 0) is 13.1 Å². The Morgan fingerprint density at radius 3 is 2.35 bits per heavy atom. The van der Waals surface area contributed by atoms with E-state index in [1.165, 1.54) is 16.7 Å². The average Bonchev–Trinajstić information content (AvgIpc) is 2.55. The predicted molar refractivity (Wildman–Crippen MR) is 94.6 cm³/mol. The van der Waals surface area contributed by atoms with Gasteiger partial charge in [-0.15, -0.1) is 0 Å². The Bertz CT molecular complexity index is 595. The Morgan fingerprint density at radius 1 is 1.04 bits per heavy atom. The van der Waals surface area contributed by atoms with Crippen molar-refractivity contribution >= 4 is 0 Å². The van der Waals surface area contributed by atoms with Gasteiger partial charge in [0.2, 0.25) is 0 Å². The number of benzene rings is 2. The Kier molecular flexibility index (Phi) is 6.63. The maximum Gasteiger partial charge on any atom is 0.118 e. The van der Waals surface area contributed by atoms with E-state index in [1.54, 1.807) is 7.11 Å². The van der Waals surface area contributed by atoms with E-state index in [0.29, 0.717) is 6.54 Å². The van der Waals surface area contributed by atoms with Gasteiger partial charge in [-0.2, -0.15) is 0 Å². The van der Waals surface area contributed by atoms with Gasteiger partial charge in [0.05, 0.1) is 13.2 Å². The largest absolute Gasteiger partial charge is 0.497 e. The molecule has 0 bridgehead atoms. The van der Waals surface area contributed by atoms with Crippen molar-refractivity contribution in [2.45, 2.75) is 39.5 Å². The van der Waals surface area contributed by atoms with Gasteiger partial charge in [-0.05, 0) is 36.6 Å². The Hall–Kier alpha value is -1.84. The molecule has 0 heterocycles. The summed E-state index contributed by atoms with van der Waals surface area (Å²) in [5.41, 5.74) is 3.77. The molecule has 0 aliphatic heterocycles.